The number of fused-ring (bicyclic) bond motifs is 1. The van der Waals surface area contributed by atoms with E-state index in [1.165, 1.54) is 6.07 Å². The number of halogens is 3. The quantitative estimate of drug-likeness (QED) is 0.588. The van der Waals surface area contributed by atoms with Gasteiger partial charge in [0, 0.05) is 4.47 Å². The Bertz CT molecular complexity index is 942. The molecule has 0 aliphatic rings. The predicted molar refractivity (Wildman–Crippen MR) is 90.2 cm³/mol. The van der Waals surface area contributed by atoms with Crippen LogP contribution < -0.4 is 5.32 Å². The van der Waals surface area contributed by atoms with Crippen molar-refractivity contribution in [2.45, 2.75) is 6.92 Å². The van der Waals surface area contributed by atoms with Gasteiger partial charge in [0.05, 0.1) is 27.5 Å². The Kier molecular flexibility index (Phi) is 3.99. The molecule has 3 aromatic rings. The molecule has 0 saturated carbocycles. The molecular weight excluding hydrogens is 389 g/mol. The summed E-state index contributed by atoms with van der Waals surface area (Å²) in [4.78, 5) is 18.4. The zero-order chi connectivity index (χ0) is 16.7. The third-order valence-electron chi connectivity index (χ3n) is 3.26. The lowest BCUT2D eigenvalue weighted by Crippen LogP contribution is -2.06. The molecule has 3 rings (SSSR count). The average molecular weight is 399 g/mol. The maximum absolute atomic E-state index is 14.7. The van der Waals surface area contributed by atoms with Crippen molar-refractivity contribution in [1.29, 1.82) is 0 Å². The van der Waals surface area contributed by atoms with E-state index in [9.17, 15) is 14.3 Å². The summed E-state index contributed by atoms with van der Waals surface area (Å²) in [6.07, 6.45) is 0. The van der Waals surface area contributed by atoms with Crippen LogP contribution in [0, 0.1) is 12.7 Å². The number of carboxylic acids is 1. The van der Waals surface area contributed by atoms with Crippen LogP contribution in [0.3, 0.4) is 0 Å². The van der Waals surface area contributed by atoms with Crippen LogP contribution in [0.2, 0.25) is 5.02 Å². The first-order valence-electron chi connectivity index (χ1n) is 6.51. The maximum Gasteiger partial charge on any atom is 0.338 e. The SMILES string of the molecule is Cc1nc2c(F)c(Nc3ccc(Br)cc3Cl)c(C(=O)O)cc2[nH]1. The van der Waals surface area contributed by atoms with Crippen LogP contribution in [0.25, 0.3) is 11.0 Å². The zero-order valence-corrected chi connectivity index (χ0v) is 14.1. The molecule has 0 spiro atoms. The fraction of sp³-hybridized carbons (Fsp3) is 0.0667. The number of hydrogen-bond acceptors (Lipinski definition) is 3. The van der Waals surface area contributed by atoms with Gasteiger partial charge in [-0.3, -0.25) is 0 Å². The summed E-state index contributed by atoms with van der Waals surface area (Å²) in [6, 6.07) is 6.30. The average Bonchev–Trinajstić information content (AvgIpc) is 2.85. The van der Waals surface area contributed by atoms with Gasteiger partial charge in [0.25, 0.3) is 0 Å². The largest absolute Gasteiger partial charge is 0.478 e. The molecule has 3 N–H and O–H groups in total. The molecule has 0 aliphatic carbocycles. The molecule has 1 aromatic heterocycles. The number of aryl methyl sites for hydroxylation is 1. The molecule has 0 unspecified atom stereocenters. The van der Waals surface area contributed by atoms with Crippen LogP contribution in [-0.4, -0.2) is 21.0 Å². The monoisotopic (exact) mass is 397 g/mol. The topological polar surface area (TPSA) is 78.0 Å². The standard InChI is InChI=1S/C15H10BrClFN3O2/c1-6-19-11-5-8(15(22)23)13(12(18)14(11)20-6)21-10-3-2-7(16)4-9(10)17/h2-5,21H,1H3,(H,19,20)(H,22,23). The van der Waals surface area contributed by atoms with Crippen LogP contribution in [0.5, 0.6) is 0 Å². The Morgan fingerprint density at radius 2 is 2.17 bits per heavy atom. The van der Waals surface area contributed by atoms with Crippen LogP contribution in [0.4, 0.5) is 15.8 Å². The van der Waals surface area contributed by atoms with E-state index in [1.807, 2.05) is 0 Å². The minimum atomic E-state index is -1.26. The molecule has 23 heavy (non-hydrogen) atoms. The number of aromatic nitrogens is 2. The molecule has 0 bridgehead atoms. The molecule has 5 nitrogen and oxygen atoms in total. The van der Waals surface area contributed by atoms with Gasteiger partial charge in [0.1, 0.15) is 11.3 Å². The second-order valence-corrected chi connectivity index (χ2v) is 6.21. The van der Waals surface area contributed by atoms with Crippen molar-refractivity contribution in [3.05, 3.63) is 51.0 Å². The Balaban J connectivity index is 2.20. The number of carbonyl (C=O) groups is 1. The van der Waals surface area contributed by atoms with Gasteiger partial charge >= 0.3 is 5.97 Å². The molecule has 0 aliphatic heterocycles. The first-order chi connectivity index (χ1) is 10.9. The lowest BCUT2D eigenvalue weighted by molar-refractivity contribution is 0.0697. The van der Waals surface area contributed by atoms with Crippen LogP contribution in [0.1, 0.15) is 16.2 Å². The number of rotatable bonds is 3. The number of carboxylic acid groups (broad SMARTS) is 1. The van der Waals surface area contributed by atoms with Gasteiger partial charge in [-0.2, -0.15) is 0 Å². The molecule has 0 saturated heterocycles. The number of H-pyrrole nitrogens is 1. The zero-order valence-electron chi connectivity index (χ0n) is 11.7. The Morgan fingerprint density at radius 1 is 1.43 bits per heavy atom. The van der Waals surface area contributed by atoms with Crippen molar-refractivity contribution in [3.8, 4) is 0 Å². The lowest BCUT2D eigenvalue weighted by atomic mass is 10.1. The highest BCUT2D eigenvalue weighted by Crippen LogP contribution is 2.34. The molecule has 118 valence electrons. The second-order valence-electron chi connectivity index (χ2n) is 4.89. The number of anilines is 2. The summed E-state index contributed by atoms with van der Waals surface area (Å²) in [5, 5.41) is 12.5. The lowest BCUT2D eigenvalue weighted by Gasteiger charge is -2.12. The van der Waals surface area contributed by atoms with E-state index in [4.69, 9.17) is 11.6 Å². The van der Waals surface area contributed by atoms with E-state index in [1.54, 1.807) is 25.1 Å². The van der Waals surface area contributed by atoms with E-state index in [0.717, 1.165) is 4.47 Å². The van der Waals surface area contributed by atoms with Crippen molar-refractivity contribution in [2.24, 2.45) is 0 Å². The van der Waals surface area contributed by atoms with E-state index >= 15 is 0 Å². The summed E-state index contributed by atoms with van der Waals surface area (Å²) < 4.78 is 15.5. The third kappa shape index (κ3) is 2.89. The van der Waals surface area contributed by atoms with Crippen molar-refractivity contribution in [3.63, 3.8) is 0 Å². The number of aromatic carboxylic acids is 1. The van der Waals surface area contributed by atoms with Gasteiger partial charge in [-0.25, -0.2) is 14.2 Å². The van der Waals surface area contributed by atoms with E-state index in [0.29, 0.717) is 22.1 Å². The fourth-order valence-corrected chi connectivity index (χ4v) is 2.97. The van der Waals surface area contributed by atoms with Gasteiger partial charge in [-0.15, -0.1) is 0 Å². The molecule has 0 fully saturated rings. The Labute approximate surface area is 143 Å². The molecule has 0 atom stereocenters. The van der Waals surface area contributed by atoms with Crippen molar-refractivity contribution < 1.29 is 14.3 Å². The smallest absolute Gasteiger partial charge is 0.338 e. The molecule has 8 heteroatoms. The normalized spacial score (nSPS) is 11.0. The second kappa shape index (κ2) is 5.82. The molecule has 0 amide bonds. The summed E-state index contributed by atoms with van der Waals surface area (Å²) in [7, 11) is 0. The van der Waals surface area contributed by atoms with Crippen molar-refractivity contribution in [1.82, 2.24) is 9.97 Å². The summed E-state index contributed by atoms with van der Waals surface area (Å²) in [5.41, 5.74) is 0.398. The molecular formula is C15H10BrClFN3O2. The molecule has 1 heterocycles. The number of nitrogens with one attached hydrogen (secondary N) is 2. The molecule has 0 radical (unpaired) electrons. The number of hydrogen-bond donors (Lipinski definition) is 3. The predicted octanol–water partition coefficient (Wildman–Crippen LogP) is 4.87. The van der Waals surface area contributed by atoms with Gasteiger partial charge in [0.2, 0.25) is 0 Å². The van der Waals surface area contributed by atoms with Crippen molar-refractivity contribution in [2.75, 3.05) is 5.32 Å². The van der Waals surface area contributed by atoms with E-state index in [2.05, 4.69) is 31.2 Å². The van der Waals surface area contributed by atoms with Crippen LogP contribution in [0.15, 0.2) is 28.7 Å². The van der Waals surface area contributed by atoms with E-state index in [-0.39, 0.29) is 16.8 Å². The number of benzene rings is 2. The minimum absolute atomic E-state index is 0.0724. The third-order valence-corrected chi connectivity index (χ3v) is 4.06. The highest BCUT2D eigenvalue weighted by Gasteiger charge is 2.21. The highest BCUT2D eigenvalue weighted by molar-refractivity contribution is 9.10. The van der Waals surface area contributed by atoms with Crippen molar-refractivity contribution >= 4 is 55.9 Å². The van der Waals surface area contributed by atoms with Gasteiger partial charge in [-0.1, -0.05) is 27.5 Å². The minimum Gasteiger partial charge on any atom is -0.478 e. The number of imidazole rings is 1. The van der Waals surface area contributed by atoms with Crippen LogP contribution in [-0.2, 0) is 0 Å². The fourth-order valence-electron chi connectivity index (χ4n) is 2.25. The van der Waals surface area contributed by atoms with Crippen LogP contribution >= 0.6 is 27.5 Å². The highest BCUT2D eigenvalue weighted by atomic mass is 79.9. The van der Waals surface area contributed by atoms with Gasteiger partial charge < -0.3 is 15.4 Å². The van der Waals surface area contributed by atoms with E-state index < -0.39 is 11.8 Å². The number of aromatic amines is 1. The summed E-state index contributed by atoms with van der Waals surface area (Å²) >= 11 is 9.38. The van der Waals surface area contributed by atoms with Gasteiger partial charge in [-0.05, 0) is 31.2 Å². The first kappa shape index (κ1) is 15.8. The Hall–Kier alpha value is -2.12. The summed E-state index contributed by atoms with van der Waals surface area (Å²) in [5.74, 6) is -1.51. The van der Waals surface area contributed by atoms with Gasteiger partial charge in [0.15, 0.2) is 5.82 Å². The Morgan fingerprint density at radius 3 is 2.83 bits per heavy atom. The number of nitrogens with zero attached hydrogens (tertiary/aromatic N) is 1. The first-order valence-corrected chi connectivity index (χ1v) is 7.68. The molecule has 2 aromatic carbocycles. The maximum atomic E-state index is 14.7. The summed E-state index contributed by atoms with van der Waals surface area (Å²) in [6.45, 7) is 1.67.